The molecule has 2 aromatic heterocycles. The minimum Gasteiger partial charge on any atom is -0.293 e. The summed E-state index contributed by atoms with van der Waals surface area (Å²) in [5.74, 6) is -0.606. The smallest absolute Gasteiger partial charge is 0.261 e. The molecule has 3 amide bonds. The zero-order valence-electron chi connectivity index (χ0n) is 14.9. The number of amides is 3. The first-order valence-corrected chi connectivity index (χ1v) is 9.35. The van der Waals surface area contributed by atoms with Gasteiger partial charge in [0.15, 0.2) is 0 Å². The van der Waals surface area contributed by atoms with Gasteiger partial charge in [0.05, 0.1) is 16.8 Å². The molecule has 0 atom stereocenters. The molecule has 0 spiro atoms. The molecular formula is C18H17N5O3S. The third-order valence-electron chi connectivity index (χ3n) is 4.56. The predicted octanol–water partition coefficient (Wildman–Crippen LogP) is 2.42. The Balaban J connectivity index is 1.33. The zero-order chi connectivity index (χ0) is 19.1. The van der Waals surface area contributed by atoms with Crippen LogP contribution >= 0.6 is 11.3 Å². The maximum Gasteiger partial charge on any atom is 0.261 e. The number of carbonyl (C=O) groups is 3. The molecule has 0 saturated heterocycles. The number of aromatic nitrogens is 3. The highest BCUT2D eigenvalue weighted by molar-refractivity contribution is 7.17. The van der Waals surface area contributed by atoms with Crippen molar-refractivity contribution in [1.29, 1.82) is 0 Å². The molecule has 138 valence electrons. The highest BCUT2D eigenvalue weighted by Gasteiger charge is 2.34. The van der Waals surface area contributed by atoms with E-state index in [0.29, 0.717) is 17.5 Å². The topological polar surface area (TPSA) is 96.7 Å². The van der Waals surface area contributed by atoms with Crippen molar-refractivity contribution in [2.45, 2.75) is 26.7 Å². The molecule has 0 aliphatic carbocycles. The molecule has 3 heterocycles. The minimum atomic E-state index is -0.308. The number of nitrogens with one attached hydrogen (secondary N) is 1. The first-order valence-electron chi connectivity index (χ1n) is 8.53. The van der Waals surface area contributed by atoms with Crippen molar-refractivity contribution < 1.29 is 14.4 Å². The molecule has 9 heteroatoms. The highest BCUT2D eigenvalue weighted by atomic mass is 32.1. The maximum atomic E-state index is 12.3. The monoisotopic (exact) mass is 383 g/mol. The van der Waals surface area contributed by atoms with Crippen LogP contribution in [0.5, 0.6) is 0 Å². The van der Waals surface area contributed by atoms with Crippen molar-refractivity contribution in [1.82, 2.24) is 19.5 Å². The van der Waals surface area contributed by atoms with Gasteiger partial charge in [0.2, 0.25) is 16.8 Å². The van der Waals surface area contributed by atoms with Crippen molar-refractivity contribution in [2.75, 3.05) is 11.9 Å². The van der Waals surface area contributed by atoms with Crippen molar-refractivity contribution in [3.05, 3.63) is 46.0 Å². The number of rotatable bonds is 5. The fourth-order valence-electron chi connectivity index (χ4n) is 3.02. The Morgan fingerprint density at radius 1 is 1.15 bits per heavy atom. The van der Waals surface area contributed by atoms with E-state index < -0.39 is 0 Å². The first-order chi connectivity index (χ1) is 13.0. The molecule has 3 aromatic rings. The first kappa shape index (κ1) is 17.3. The summed E-state index contributed by atoms with van der Waals surface area (Å²) in [6.07, 6.45) is 0.538. The van der Waals surface area contributed by atoms with Crippen molar-refractivity contribution >= 4 is 40.0 Å². The van der Waals surface area contributed by atoms with Crippen LogP contribution in [-0.2, 0) is 4.79 Å². The van der Waals surface area contributed by atoms with Crippen LogP contribution in [0, 0.1) is 13.8 Å². The molecule has 1 aliphatic heterocycles. The van der Waals surface area contributed by atoms with E-state index in [-0.39, 0.29) is 36.6 Å². The van der Waals surface area contributed by atoms with Gasteiger partial charge in [-0.05, 0) is 32.4 Å². The van der Waals surface area contributed by atoms with Gasteiger partial charge in [0.1, 0.15) is 0 Å². The second-order valence-corrected chi connectivity index (χ2v) is 7.51. The lowest BCUT2D eigenvalue weighted by Gasteiger charge is -2.13. The molecular weight excluding hydrogens is 366 g/mol. The van der Waals surface area contributed by atoms with Gasteiger partial charge in [0, 0.05) is 17.8 Å². The Morgan fingerprint density at radius 2 is 1.81 bits per heavy atom. The standard InChI is InChI=1S/C18H17N5O3S/c1-10-11(2)27-18-20-17(21-23(10)18)19-14(24)8-5-9-22-15(25)12-6-3-4-7-13(12)16(22)26/h3-4,6-7H,5,8-9H2,1-2H3,(H,19,21,24). The van der Waals surface area contributed by atoms with E-state index in [1.807, 2.05) is 13.8 Å². The van der Waals surface area contributed by atoms with E-state index in [1.165, 1.54) is 16.2 Å². The summed E-state index contributed by atoms with van der Waals surface area (Å²) in [6.45, 7) is 4.14. The number of hydrogen-bond donors (Lipinski definition) is 1. The van der Waals surface area contributed by atoms with Crippen molar-refractivity contribution in [3.8, 4) is 0 Å². The summed E-state index contributed by atoms with van der Waals surface area (Å²) in [7, 11) is 0. The highest BCUT2D eigenvalue weighted by Crippen LogP contribution is 2.23. The summed E-state index contributed by atoms with van der Waals surface area (Å²) < 4.78 is 1.70. The Hall–Kier alpha value is -3.07. The summed E-state index contributed by atoms with van der Waals surface area (Å²) in [5, 5.41) is 6.94. The number of aryl methyl sites for hydroxylation is 2. The predicted molar refractivity (Wildman–Crippen MR) is 100 cm³/mol. The van der Waals surface area contributed by atoms with Crippen molar-refractivity contribution in [3.63, 3.8) is 0 Å². The number of carbonyl (C=O) groups excluding carboxylic acids is 3. The van der Waals surface area contributed by atoms with Gasteiger partial charge in [-0.3, -0.25) is 24.6 Å². The van der Waals surface area contributed by atoms with Crippen LogP contribution in [0.3, 0.4) is 0 Å². The van der Waals surface area contributed by atoms with Gasteiger partial charge in [-0.15, -0.1) is 5.10 Å². The van der Waals surface area contributed by atoms with E-state index in [9.17, 15) is 14.4 Å². The second-order valence-electron chi connectivity index (χ2n) is 6.33. The van der Waals surface area contributed by atoms with Crippen LogP contribution in [-0.4, -0.2) is 43.8 Å². The summed E-state index contributed by atoms with van der Waals surface area (Å²) in [6, 6.07) is 6.74. The minimum absolute atomic E-state index is 0.165. The second kappa shape index (κ2) is 6.58. The van der Waals surface area contributed by atoms with Gasteiger partial charge in [-0.25, -0.2) is 4.52 Å². The number of thiazole rings is 1. The largest absolute Gasteiger partial charge is 0.293 e. The molecule has 1 N–H and O–H groups in total. The molecule has 0 bridgehead atoms. The van der Waals surface area contributed by atoms with E-state index in [1.54, 1.807) is 28.8 Å². The van der Waals surface area contributed by atoms with E-state index >= 15 is 0 Å². The number of hydrogen-bond acceptors (Lipinski definition) is 6. The lowest BCUT2D eigenvalue weighted by Crippen LogP contribution is -2.31. The van der Waals surface area contributed by atoms with Crippen LogP contribution in [0.2, 0.25) is 0 Å². The van der Waals surface area contributed by atoms with Gasteiger partial charge in [0.25, 0.3) is 11.8 Å². The number of benzene rings is 1. The third-order valence-corrected chi connectivity index (χ3v) is 5.61. The molecule has 0 radical (unpaired) electrons. The Morgan fingerprint density at radius 3 is 2.44 bits per heavy atom. The molecule has 1 aliphatic rings. The third kappa shape index (κ3) is 2.99. The molecule has 0 unspecified atom stereocenters. The number of anilines is 1. The fraction of sp³-hybridized carbons (Fsp3) is 0.278. The maximum absolute atomic E-state index is 12.3. The normalized spacial score (nSPS) is 13.5. The van der Waals surface area contributed by atoms with Crippen molar-refractivity contribution in [2.24, 2.45) is 0 Å². The SMILES string of the molecule is Cc1sc2nc(NC(=O)CCCN3C(=O)c4ccccc4C3=O)nn2c1C. The Kier molecular flexibility index (Phi) is 4.23. The van der Waals surface area contributed by atoms with E-state index in [2.05, 4.69) is 15.4 Å². The lowest BCUT2D eigenvalue weighted by molar-refractivity contribution is -0.116. The molecule has 0 fully saturated rings. The Labute approximate surface area is 158 Å². The van der Waals surface area contributed by atoms with Gasteiger partial charge in [-0.2, -0.15) is 4.98 Å². The van der Waals surface area contributed by atoms with Crippen LogP contribution in [0.25, 0.3) is 4.96 Å². The summed E-state index contributed by atoms with van der Waals surface area (Å²) >= 11 is 1.51. The van der Waals surface area contributed by atoms with E-state index in [4.69, 9.17) is 0 Å². The molecule has 27 heavy (non-hydrogen) atoms. The summed E-state index contributed by atoms with van der Waals surface area (Å²) in [4.78, 5) is 44.0. The zero-order valence-corrected chi connectivity index (χ0v) is 15.7. The average molecular weight is 383 g/mol. The molecule has 8 nitrogen and oxygen atoms in total. The van der Waals surface area contributed by atoms with Gasteiger partial charge in [-0.1, -0.05) is 23.5 Å². The lowest BCUT2D eigenvalue weighted by atomic mass is 10.1. The van der Waals surface area contributed by atoms with Crippen LogP contribution in [0.1, 0.15) is 44.1 Å². The number of fused-ring (bicyclic) bond motifs is 2. The molecule has 1 aromatic carbocycles. The van der Waals surface area contributed by atoms with Gasteiger partial charge < -0.3 is 0 Å². The number of nitrogens with zero attached hydrogens (tertiary/aromatic N) is 4. The number of imide groups is 1. The van der Waals surface area contributed by atoms with Crippen LogP contribution < -0.4 is 5.32 Å². The molecule has 0 saturated carbocycles. The average Bonchev–Trinajstić information content (AvgIpc) is 3.23. The quantitative estimate of drug-likeness (QED) is 0.683. The fourth-order valence-corrected chi connectivity index (χ4v) is 3.93. The van der Waals surface area contributed by atoms with Crippen LogP contribution in [0.4, 0.5) is 5.95 Å². The molecule has 4 rings (SSSR count). The van der Waals surface area contributed by atoms with E-state index in [0.717, 1.165) is 15.5 Å². The van der Waals surface area contributed by atoms with Crippen LogP contribution in [0.15, 0.2) is 24.3 Å². The summed E-state index contributed by atoms with van der Waals surface area (Å²) in [5.41, 5.74) is 1.83. The Bertz CT molecular complexity index is 1050. The van der Waals surface area contributed by atoms with Gasteiger partial charge >= 0.3 is 0 Å².